The van der Waals surface area contributed by atoms with Crippen LogP contribution in [0.2, 0.25) is 0 Å². The molecule has 3 aliphatic heterocycles. The highest BCUT2D eigenvalue weighted by Gasteiger charge is 2.34. The third-order valence-electron chi connectivity index (χ3n) is 7.62. The van der Waals surface area contributed by atoms with Gasteiger partial charge in [0, 0.05) is 30.3 Å². The summed E-state index contributed by atoms with van der Waals surface area (Å²) in [7, 11) is 0. The van der Waals surface area contributed by atoms with Crippen molar-refractivity contribution in [1.82, 2.24) is 9.80 Å². The van der Waals surface area contributed by atoms with Crippen molar-refractivity contribution >= 4 is 41.6 Å². The fraction of sp³-hybridized carbons (Fsp3) is 0.290. The minimum Gasteiger partial charge on any atom is -0.303 e. The van der Waals surface area contributed by atoms with E-state index in [2.05, 4.69) is 53.4 Å². The van der Waals surface area contributed by atoms with Crippen LogP contribution in [0.25, 0.3) is 5.57 Å². The Balaban J connectivity index is 0.00000280. The van der Waals surface area contributed by atoms with Crippen molar-refractivity contribution in [1.29, 1.82) is 0 Å². The van der Waals surface area contributed by atoms with Crippen LogP contribution in [0.3, 0.4) is 0 Å². The largest absolute Gasteiger partial charge is 0.303 e. The molecule has 0 N–H and O–H groups in total. The lowest BCUT2D eigenvalue weighted by Gasteiger charge is -2.30. The van der Waals surface area contributed by atoms with Crippen molar-refractivity contribution < 1.29 is 9.59 Å². The molecule has 6 rings (SSSR count). The summed E-state index contributed by atoms with van der Waals surface area (Å²) in [5, 5.41) is 0. The van der Waals surface area contributed by atoms with Gasteiger partial charge in [-0.15, -0.1) is 24.2 Å². The van der Waals surface area contributed by atoms with Crippen LogP contribution in [0.4, 0.5) is 0 Å². The number of hydrogen-bond acceptors (Lipinski definition) is 4. The number of halogens is 1. The number of fused-ring (bicyclic) bond motifs is 3. The summed E-state index contributed by atoms with van der Waals surface area (Å²) < 4.78 is 0. The lowest BCUT2D eigenvalue weighted by Crippen LogP contribution is -2.33. The van der Waals surface area contributed by atoms with E-state index in [-0.39, 0.29) is 24.2 Å². The van der Waals surface area contributed by atoms with E-state index in [9.17, 15) is 9.59 Å². The lowest BCUT2D eigenvalue weighted by molar-refractivity contribution is 0.0650. The third-order valence-corrected chi connectivity index (χ3v) is 8.75. The first-order valence-corrected chi connectivity index (χ1v) is 13.9. The second-order valence-electron chi connectivity index (χ2n) is 9.78. The summed E-state index contributed by atoms with van der Waals surface area (Å²) >= 11 is 1.94. The number of benzene rings is 3. The van der Waals surface area contributed by atoms with E-state index in [1.807, 2.05) is 23.9 Å². The van der Waals surface area contributed by atoms with Crippen molar-refractivity contribution in [3.8, 4) is 0 Å². The van der Waals surface area contributed by atoms with Crippen molar-refractivity contribution in [2.24, 2.45) is 0 Å². The van der Waals surface area contributed by atoms with E-state index in [0.29, 0.717) is 17.7 Å². The van der Waals surface area contributed by atoms with Gasteiger partial charge in [0.1, 0.15) is 0 Å². The van der Waals surface area contributed by atoms with E-state index < -0.39 is 0 Å². The van der Waals surface area contributed by atoms with Crippen molar-refractivity contribution in [3.05, 3.63) is 106 Å². The second kappa shape index (κ2) is 11.3. The minimum absolute atomic E-state index is 0. The number of imide groups is 1. The number of likely N-dealkylation sites (tertiary alicyclic amines) is 1. The van der Waals surface area contributed by atoms with E-state index in [0.717, 1.165) is 51.1 Å². The Hall–Kier alpha value is -2.86. The summed E-state index contributed by atoms with van der Waals surface area (Å²) in [4.78, 5) is 30.5. The first kappa shape index (κ1) is 25.8. The number of hydrogen-bond donors (Lipinski definition) is 0. The Kier molecular flexibility index (Phi) is 7.84. The Bertz CT molecular complexity index is 1270. The Morgan fingerprint density at radius 1 is 0.676 bits per heavy atom. The van der Waals surface area contributed by atoms with Crippen molar-refractivity contribution in [2.45, 2.75) is 36.3 Å². The van der Waals surface area contributed by atoms with Gasteiger partial charge in [0.25, 0.3) is 11.8 Å². The van der Waals surface area contributed by atoms with Crippen LogP contribution in [-0.4, -0.2) is 47.8 Å². The van der Waals surface area contributed by atoms with Gasteiger partial charge in [-0.2, -0.15) is 0 Å². The number of amides is 2. The molecule has 0 aliphatic carbocycles. The lowest BCUT2D eigenvalue weighted by atomic mass is 9.86. The summed E-state index contributed by atoms with van der Waals surface area (Å²) in [6.07, 6.45) is 4.00. The van der Waals surface area contributed by atoms with Crippen LogP contribution in [-0.2, 0) is 5.75 Å². The van der Waals surface area contributed by atoms with Crippen LogP contribution >= 0.6 is 24.2 Å². The second-order valence-corrected chi connectivity index (χ2v) is 10.8. The van der Waals surface area contributed by atoms with E-state index in [4.69, 9.17) is 0 Å². The Labute approximate surface area is 229 Å². The van der Waals surface area contributed by atoms with Gasteiger partial charge in [-0.3, -0.25) is 14.5 Å². The number of unbranched alkanes of at least 4 members (excludes halogenated alkanes) is 1. The summed E-state index contributed by atoms with van der Waals surface area (Å²) in [6, 6.07) is 24.9. The molecule has 6 heteroatoms. The van der Waals surface area contributed by atoms with Gasteiger partial charge >= 0.3 is 0 Å². The maximum Gasteiger partial charge on any atom is 0.261 e. The molecular weight excluding hydrogens is 500 g/mol. The molecule has 190 valence electrons. The van der Waals surface area contributed by atoms with Crippen LogP contribution in [0.1, 0.15) is 63.1 Å². The standard InChI is InChI=1S/C31H30N2O2S.ClH/c34-30-25-11-3-4-12-26(25)31(35)33(30)18-8-7-17-32-19-15-22(16-20-32)29-24-10-2-1-9-23(24)21-36-28-14-6-5-13-27(28)29;/h1-6,9-14H,7-8,15-21H2;1H. The molecular formula is C31H31ClN2O2S. The molecule has 0 unspecified atom stereocenters. The Morgan fingerprint density at radius 2 is 1.24 bits per heavy atom. The fourth-order valence-electron chi connectivity index (χ4n) is 5.71. The van der Waals surface area contributed by atoms with E-state index in [1.165, 1.54) is 32.1 Å². The molecule has 4 nitrogen and oxygen atoms in total. The van der Waals surface area contributed by atoms with Crippen molar-refractivity contribution in [2.75, 3.05) is 26.2 Å². The molecule has 1 saturated heterocycles. The quantitative estimate of drug-likeness (QED) is 0.272. The summed E-state index contributed by atoms with van der Waals surface area (Å²) in [5.41, 5.74) is 8.32. The van der Waals surface area contributed by atoms with Crippen molar-refractivity contribution in [3.63, 3.8) is 0 Å². The molecule has 3 heterocycles. The predicted molar refractivity (Wildman–Crippen MR) is 152 cm³/mol. The van der Waals surface area contributed by atoms with Gasteiger partial charge in [-0.05, 0) is 72.7 Å². The molecule has 0 radical (unpaired) electrons. The zero-order valence-corrected chi connectivity index (χ0v) is 22.5. The first-order valence-electron chi connectivity index (χ1n) is 12.9. The topological polar surface area (TPSA) is 40.6 Å². The van der Waals surface area contributed by atoms with Gasteiger partial charge in [0.2, 0.25) is 0 Å². The first-order chi connectivity index (χ1) is 17.7. The number of carbonyl (C=O) groups is 2. The fourth-order valence-corrected chi connectivity index (χ4v) is 6.78. The molecule has 0 saturated carbocycles. The van der Waals surface area contributed by atoms with Crippen LogP contribution in [0, 0.1) is 0 Å². The number of thioether (sulfide) groups is 1. The maximum atomic E-state index is 12.6. The van der Waals surface area contributed by atoms with E-state index >= 15 is 0 Å². The van der Waals surface area contributed by atoms with Gasteiger partial charge in [0.05, 0.1) is 11.1 Å². The monoisotopic (exact) mass is 530 g/mol. The highest BCUT2D eigenvalue weighted by Crippen LogP contribution is 2.43. The number of nitrogens with zero attached hydrogens (tertiary/aromatic N) is 2. The maximum absolute atomic E-state index is 12.6. The summed E-state index contributed by atoms with van der Waals surface area (Å²) in [5.74, 6) is 0.724. The minimum atomic E-state index is -0.146. The molecule has 0 spiro atoms. The molecule has 3 aromatic carbocycles. The van der Waals surface area contributed by atoms with Crippen LogP contribution < -0.4 is 0 Å². The smallest absolute Gasteiger partial charge is 0.261 e. The third kappa shape index (κ3) is 5.00. The van der Waals surface area contributed by atoms with Crippen LogP contribution in [0.5, 0.6) is 0 Å². The molecule has 3 aliphatic rings. The highest BCUT2D eigenvalue weighted by atomic mass is 35.5. The predicted octanol–water partition coefficient (Wildman–Crippen LogP) is 6.69. The molecule has 0 aromatic heterocycles. The van der Waals surface area contributed by atoms with Gasteiger partial charge in [-0.25, -0.2) is 0 Å². The average molecular weight is 531 g/mol. The number of piperidine rings is 1. The van der Waals surface area contributed by atoms with Gasteiger partial charge in [0.15, 0.2) is 0 Å². The SMILES string of the molecule is Cl.O=C1c2ccccc2C(=O)N1CCCCN1CCC(=C2c3ccccc3CSc3ccccc32)CC1. The molecule has 0 atom stereocenters. The number of rotatable bonds is 5. The van der Waals surface area contributed by atoms with Crippen LogP contribution in [0.15, 0.2) is 83.3 Å². The normalized spacial score (nSPS) is 17.1. The molecule has 37 heavy (non-hydrogen) atoms. The highest BCUT2D eigenvalue weighted by molar-refractivity contribution is 7.98. The molecule has 1 fully saturated rings. The molecule has 2 amide bonds. The van der Waals surface area contributed by atoms with E-state index in [1.54, 1.807) is 17.7 Å². The zero-order chi connectivity index (χ0) is 24.5. The van der Waals surface area contributed by atoms with Gasteiger partial charge < -0.3 is 4.90 Å². The van der Waals surface area contributed by atoms with Gasteiger partial charge in [-0.1, -0.05) is 60.2 Å². The Morgan fingerprint density at radius 3 is 1.95 bits per heavy atom. The summed E-state index contributed by atoms with van der Waals surface area (Å²) in [6.45, 7) is 3.63. The average Bonchev–Trinajstić information content (AvgIpc) is 3.06. The molecule has 3 aromatic rings. The zero-order valence-electron chi connectivity index (χ0n) is 20.8. The number of carbonyl (C=O) groups excluding carboxylic acids is 2. The molecule has 0 bridgehead atoms.